The van der Waals surface area contributed by atoms with E-state index in [1.165, 1.54) is 6.92 Å². The summed E-state index contributed by atoms with van der Waals surface area (Å²) >= 11 is 0. The molecule has 5 heteroatoms. The van der Waals surface area contributed by atoms with Crippen LogP contribution >= 0.6 is 0 Å². The van der Waals surface area contributed by atoms with Gasteiger partial charge in [-0.15, -0.1) is 0 Å². The highest BCUT2D eigenvalue weighted by Gasteiger charge is 2.30. The molecule has 2 N–H and O–H groups in total. The van der Waals surface area contributed by atoms with Crippen LogP contribution in [0.5, 0.6) is 0 Å². The van der Waals surface area contributed by atoms with Gasteiger partial charge in [0.2, 0.25) is 0 Å². The molecule has 1 aliphatic rings. The molecule has 1 fully saturated rings. The average Bonchev–Trinajstić information content (AvgIpc) is 2.64. The van der Waals surface area contributed by atoms with E-state index >= 15 is 0 Å². The first kappa shape index (κ1) is 13.8. The van der Waals surface area contributed by atoms with Crippen molar-refractivity contribution in [1.29, 1.82) is 0 Å². The van der Waals surface area contributed by atoms with Crippen LogP contribution in [0.25, 0.3) is 0 Å². The van der Waals surface area contributed by atoms with Crippen molar-refractivity contribution in [3.63, 3.8) is 0 Å². The summed E-state index contributed by atoms with van der Waals surface area (Å²) in [7, 11) is 0. The summed E-state index contributed by atoms with van der Waals surface area (Å²) in [5, 5.41) is 12.5. The van der Waals surface area contributed by atoms with Crippen LogP contribution < -0.4 is 5.32 Å². The number of aliphatic hydroxyl groups excluding tert-OH is 1. The second-order valence-corrected chi connectivity index (χ2v) is 4.74. The molecule has 0 amide bonds. The number of alkyl halides is 3. The molecule has 1 rings (SSSR count). The third kappa shape index (κ3) is 5.16. The molecule has 0 aliphatic heterocycles. The fraction of sp³-hybridized carbons (Fsp3) is 1.00. The summed E-state index contributed by atoms with van der Waals surface area (Å²) in [6.07, 6.45) is -1.24. The maximum Gasteiger partial charge on any atom is 0.390 e. The van der Waals surface area contributed by atoms with Crippen LogP contribution in [0.3, 0.4) is 0 Å². The zero-order valence-electron chi connectivity index (χ0n) is 9.56. The fourth-order valence-electron chi connectivity index (χ4n) is 2.25. The molecule has 1 saturated carbocycles. The zero-order valence-corrected chi connectivity index (χ0v) is 9.56. The van der Waals surface area contributed by atoms with Crippen molar-refractivity contribution in [3.05, 3.63) is 0 Å². The molecule has 2 atom stereocenters. The van der Waals surface area contributed by atoms with Gasteiger partial charge in [0, 0.05) is 12.6 Å². The summed E-state index contributed by atoms with van der Waals surface area (Å²) in [5.41, 5.74) is 0. The zero-order chi connectivity index (χ0) is 12.2. The Morgan fingerprint density at radius 3 is 2.38 bits per heavy atom. The van der Waals surface area contributed by atoms with Crippen LogP contribution in [0.2, 0.25) is 0 Å². The van der Waals surface area contributed by atoms with Gasteiger partial charge < -0.3 is 10.4 Å². The topological polar surface area (TPSA) is 32.3 Å². The van der Waals surface area contributed by atoms with Gasteiger partial charge in [-0.3, -0.25) is 0 Å². The monoisotopic (exact) mass is 239 g/mol. The normalized spacial score (nSPS) is 22.3. The van der Waals surface area contributed by atoms with Gasteiger partial charge in [-0.05, 0) is 25.7 Å². The number of hydrogen-bond acceptors (Lipinski definition) is 2. The number of halogens is 3. The van der Waals surface area contributed by atoms with Crippen LogP contribution in [-0.2, 0) is 0 Å². The van der Waals surface area contributed by atoms with E-state index < -0.39 is 24.7 Å². The van der Waals surface area contributed by atoms with Crippen molar-refractivity contribution in [2.24, 2.45) is 5.92 Å². The maximum absolute atomic E-state index is 12.0. The number of rotatable bonds is 5. The molecule has 0 radical (unpaired) electrons. The van der Waals surface area contributed by atoms with Crippen LogP contribution in [0.4, 0.5) is 13.2 Å². The van der Waals surface area contributed by atoms with Crippen LogP contribution in [-0.4, -0.2) is 30.0 Å². The Hall–Kier alpha value is -0.290. The van der Waals surface area contributed by atoms with E-state index in [0.29, 0.717) is 0 Å². The largest absolute Gasteiger partial charge is 0.392 e. The van der Waals surface area contributed by atoms with Crippen molar-refractivity contribution >= 4 is 0 Å². The van der Waals surface area contributed by atoms with Crippen molar-refractivity contribution < 1.29 is 18.3 Å². The molecule has 2 unspecified atom stereocenters. The first-order valence-corrected chi connectivity index (χ1v) is 5.86. The van der Waals surface area contributed by atoms with Gasteiger partial charge in [0.1, 0.15) is 0 Å². The smallest absolute Gasteiger partial charge is 0.390 e. The Balaban J connectivity index is 2.17. The molecule has 0 aromatic rings. The Labute approximate surface area is 94.2 Å². The summed E-state index contributed by atoms with van der Waals surface area (Å²) < 4.78 is 36.1. The second-order valence-electron chi connectivity index (χ2n) is 4.74. The van der Waals surface area contributed by atoms with Crippen LogP contribution in [0.1, 0.15) is 39.0 Å². The molecule has 0 spiro atoms. The predicted octanol–water partition coefficient (Wildman–Crippen LogP) is 2.47. The highest BCUT2D eigenvalue weighted by Crippen LogP contribution is 2.27. The number of hydrogen-bond donors (Lipinski definition) is 2. The molecular formula is C11H20F3NO. The third-order valence-electron chi connectivity index (χ3n) is 3.16. The van der Waals surface area contributed by atoms with Gasteiger partial charge in [0.15, 0.2) is 0 Å². The molecule has 0 bridgehead atoms. The SMILES string of the molecule is CC(CC(F)(F)F)NCC(O)C1CCCC1. The molecule has 1 aliphatic carbocycles. The lowest BCUT2D eigenvalue weighted by Gasteiger charge is -2.21. The van der Waals surface area contributed by atoms with Crippen LogP contribution in [0, 0.1) is 5.92 Å². The molecular weight excluding hydrogens is 219 g/mol. The summed E-state index contributed by atoms with van der Waals surface area (Å²) in [4.78, 5) is 0. The highest BCUT2D eigenvalue weighted by molar-refractivity contribution is 4.77. The molecule has 0 saturated heterocycles. The lowest BCUT2D eigenvalue weighted by molar-refractivity contribution is -0.139. The highest BCUT2D eigenvalue weighted by atomic mass is 19.4. The average molecular weight is 239 g/mol. The fourth-order valence-corrected chi connectivity index (χ4v) is 2.25. The van der Waals surface area contributed by atoms with E-state index in [-0.39, 0.29) is 12.5 Å². The summed E-state index contributed by atoms with van der Waals surface area (Å²) in [6.45, 7) is 1.76. The van der Waals surface area contributed by atoms with Crippen LogP contribution in [0.15, 0.2) is 0 Å². The van der Waals surface area contributed by atoms with Crippen molar-refractivity contribution in [2.45, 2.75) is 57.3 Å². The minimum Gasteiger partial charge on any atom is -0.392 e. The number of aliphatic hydroxyl groups is 1. The molecule has 96 valence electrons. The maximum atomic E-state index is 12.0. The van der Waals surface area contributed by atoms with E-state index in [9.17, 15) is 18.3 Å². The van der Waals surface area contributed by atoms with Gasteiger partial charge in [-0.1, -0.05) is 12.8 Å². The van der Waals surface area contributed by atoms with Gasteiger partial charge >= 0.3 is 6.18 Å². The van der Waals surface area contributed by atoms with E-state index in [0.717, 1.165) is 25.7 Å². The van der Waals surface area contributed by atoms with Crippen molar-refractivity contribution in [3.8, 4) is 0 Å². The quantitative estimate of drug-likeness (QED) is 0.772. The Morgan fingerprint density at radius 1 is 1.31 bits per heavy atom. The van der Waals surface area contributed by atoms with Crippen molar-refractivity contribution in [1.82, 2.24) is 5.32 Å². The molecule has 0 aromatic carbocycles. The second kappa shape index (κ2) is 5.87. The molecule has 0 aromatic heterocycles. The Morgan fingerprint density at radius 2 is 1.88 bits per heavy atom. The van der Waals surface area contributed by atoms with E-state index in [1.807, 2.05) is 0 Å². The van der Waals surface area contributed by atoms with Crippen molar-refractivity contribution in [2.75, 3.05) is 6.54 Å². The van der Waals surface area contributed by atoms with Gasteiger partial charge in [0.25, 0.3) is 0 Å². The standard InChI is InChI=1S/C11H20F3NO/c1-8(6-11(12,13)14)15-7-10(16)9-4-2-3-5-9/h8-10,15-16H,2-7H2,1H3. The summed E-state index contributed by atoms with van der Waals surface area (Å²) in [5.74, 6) is 0.269. The van der Waals surface area contributed by atoms with Gasteiger partial charge in [0.05, 0.1) is 12.5 Å². The minimum atomic E-state index is -4.13. The summed E-state index contributed by atoms with van der Waals surface area (Å²) in [6, 6.07) is -0.629. The lowest BCUT2D eigenvalue weighted by atomic mass is 10.0. The lowest BCUT2D eigenvalue weighted by Crippen LogP contribution is -2.38. The van der Waals surface area contributed by atoms with Gasteiger partial charge in [-0.25, -0.2) is 0 Å². The number of nitrogens with one attached hydrogen (secondary N) is 1. The third-order valence-corrected chi connectivity index (χ3v) is 3.16. The van der Waals surface area contributed by atoms with E-state index in [2.05, 4.69) is 5.32 Å². The first-order chi connectivity index (χ1) is 7.38. The Kier molecular flexibility index (Phi) is 5.05. The van der Waals surface area contributed by atoms with E-state index in [4.69, 9.17) is 0 Å². The Bertz CT molecular complexity index is 202. The molecule has 0 heterocycles. The first-order valence-electron chi connectivity index (χ1n) is 5.86. The van der Waals surface area contributed by atoms with Gasteiger partial charge in [-0.2, -0.15) is 13.2 Å². The predicted molar refractivity (Wildman–Crippen MR) is 56.1 cm³/mol. The molecule has 16 heavy (non-hydrogen) atoms. The molecule has 2 nitrogen and oxygen atoms in total. The minimum absolute atomic E-state index is 0.266. The van der Waals surface area contributed by atoms with E-state index in [1.54, 1.807) is 0 Å².